The van der Waals surface area contributed by atoms with Crippen molar-refractivity contribution in [2.45, 2.75) is 208 Å². The first kappa shape index (κ1) is 67.7. The summed E-state index contributed by atoms with van der Waals surface area (Å²) in [5.41, 5.74) is -2.50. The number of ether oxygens (including phenoxy) is 11. The van der Waals surface area contributed by atoms with E-state index in [1.165, 1.54) is 32.9 Å². The zero-order valence-electron chi connectivity index (χ0n) is 50.7. The third kappa shape index (κ3) is 15.2. The Kier molecular flexibility index (Phi) is 23.3. The maximum Gasteiger partial charge on any atom is 0.320 e. The molecule has 5 fully saturated rings. The second-order valence-electron chi connectivity index (χ2n) is 24.2. The largest absolute Gasteiger partial charge is 0.493 e. The Balaban J connectivity index is 1.27. The van der Waals surface area contributed by atoms with E-state index in [1.54, 1.807) is 47.2 Å². The summed E-state index contributed by atoms with van der Waals surface area (Å²) in [5.74, 6) is -4.63. The number of hydrogen-bond donors (Lipinski definition) is 1. The molecule has 1 N–H and O–H groups in total. The number of nitrogens with zero attached hydrogens (tertiary/aromatic N) is 3. The number of esters is 3. The van der Waals surface area contributed by atoms with Gasteiger partial charge in [-0.25, -0.2) is 0 Å². The van der Waals surface area contributed by atoms with Crippen molar-refractivity contribution in [1.29, 1.82) is 0 Å². The minimum absolute atomic E-state index is 0.0595. The Labute approximate surface area is 518 Å². The Bertz CT molecular complexity index is 2550. The van der Waals surface area contributed by atoms with Crippen LogP contribution in [0.3, 0.4) is 0 Å². The van der Waals surface area contributed by atoms with Crippen LogP contribution in [-0.4, -0.2) is 174 Å². The molecule has 0 amide bonds. The summed E-state index contributed by atoms with van der Waals surface area (Å²) >= 11 is 16.9. The monoisotopic (exact) mass is 1340 g/mol. The van der Waals surface area contributed by atoms with E-state index < -0.39 is 117 Å². The van der Waals surface area contributed by atoms with Crippen molar-refractivity contribution in [3.63, 3.8) is 0 Å². The number of aliphatic hydroxyl groups is 1. The van der Waals surface area contributed by atoms with Crippen LogP contribution in [0.1, 0.15) is 120 Å². The van der Waals surface area contributed by atoms with Crippen molar-refractivity contribution in [3.8, 4) is 11.5 Å². The summed E-state index contributed by atoms with van der Waals surface area (Å²) in [6, 6.07) is 5.45. The average molecular weight is 1340 g/mol. The molecule has 0 spiro atoms. The first-order valence-electron chi connectivity index (χ1n) is 28.9. The van der Waals surface area contributed by atoms with Gasteiger partial charge in [-0.1, -0.05) is 44.0 Å². The van der Waals surface area contributed by atoms with Crippen LogP contribution in [0.5, 0.6) is 11.5 Å². The summed E-state index contributed by atoms with van der Waals surface area (Å²) in [4.78, 5) is 66.5. The van der Waals surface area contributed by atoms with Gasteiger partial charge in [0.15, 0.2) is 39.9 Å². The number of alkyl halides is 1. The maximum atomic E-state index is 15.5. The predicted molar refractivity (Wildman–Crippen MR) is 323 cm³/mol. The molecule has 0 radical (unpaired) electrons. The summed E-state index contributed by atoms with van der Waals surface area (Å²) in [5, 5.41) is 11.1. The molecule has 1 aromatic carbocycles. The molecular weight excluding hydrogens is 1250 g/mol. The van der Waals surface area contributed by atoms with Crippen molar-refractivity contribution in [3.05, 3.63) is 46.2 Å². The molecule has 4 saturated heterocycles. The Morgan fingerprint density at radius 1 is 0.880 bits per heavy atom. The minimum atomic E-state index is -1.51. The molecule has 83 heavy (non-hydrogen) atoms. The molecular formula is C60H88Cl2IN3O16S. The number of pyridine rings is 1. The molecule has 466 valence electrons. The Morgan fingerprint density at radius 3 is 2.16 bits per heavy atom. The van der Waals surface area contributed by atoms with Gasteiger partial charge in [-0.2, -0.15) is 0 Å². The number of rotatable bonds is 18. The number of ketones is 1. The van der Waals surface area contributed by atoms with Gasteiger partial charge in [0.05, 0.1) is 70.8 Å². The number of carbonyl (C=O) groups excluding carboxylic acids is 4. The van der Waals surface area contributed by atoms with Crippen LogP contribution in [0.25, 0.3) is 0 Å². The van der Waals surface area contributed by atoms with Crippen molar-refractivity contribution >= 4 is 86.9 Å². The number of likely N-dealkylation sites (N-methyl/N-ethyl adjacent to an activating group) is 1. The summed E-state index contributed by atoms with van der Waals surface area (Å²) in [6.07, 6.45) is 0.657. The second kappa shape index (κ2) is 28.6. The molecule has 7 rings (SSSR count). The number of methoxy groups -OCH3 is 3. The highest BCUT2D eigenvalue weighted by Gasteiger charge is 2.62. The summed E-state index contributed by atoms with van der Waals surface area (Å²) < 4.78 is 69.7. The number of anilines is 1. The standard InChI is InChI=1S/C60H88Cl2IN3O16S/c1-31-26-59(9,74-15)53(80-56-50(77-37(7)67)43(65(11)12)24-32(2)75-56)34(4)49(79-46-27-58(8,73-14)52(69)36(6)76-46)35(5)54(70)81-57(63)60(10)47(33(3)48(31)68)51(55(71)82-60)83-23-22-66(30-40-41(61)28-64-29-42(40)62)38-20-21-44(72-13)45(25-38)78-39-18-16-17-19-39/h20-21,25,28-29,31-36,39,43,46-47,49-53,56-57,69H,16-19,22-24,26-27,30H2,1-15H3/t31-,32-,33-,34+,35-,36+,43+,46+,47+,49+,50-,51?,52+,53-,56+,57+,58-,59-,60+/m1/s1. The van der Waals surface area contributed by atoms with E-state index in [-0.39, 0.29) is 43.4 Å². The van der Waals surface area contributed by atoms with Gasteiger partial charge >= 0.3 is 17.9 Å². The quantitative estimate of drug-likeness (QED) is 0.0637. The molecule has 19 nitrogen and oxygen atoms in total. The van der Waals surface area contributed by atoms with Gasteiger partial charge < -0.3 is 67.0 Å². The van der Waals surface area contributed by atoms with Crippen LogP contribution in [0, 0.1) is 29.6 Å². The Hall–Kier alpha value is -2.81. The number of carbonyl (C=O) groups is 4. The van der Waals surface area contributed by atoms with Crippen LogP contribution >= 0.6 is 57.6 Å². The zero-order valence-corrected chi connectivity index (χ0v) is 55.2. The first-order chi connectivity index (χ1) is 39.1. The number of aliphatic hydroxyl groups excluding tert-OH is 1. The minimum Gasteiger partial charge on any atom is -0.493 e. The highest BCUT2D eigenvalue weighted by Crippen LogP contribution is 2.51. The Morgan fingerprint density at radius 2 is 1.54 bits per heavy atom. The SMILES string of the molecule is COc1ccc(N(CCSC2C(=O)O[C@@]3(C)[C@H]2[C@@H](C)C(=O)[C@H](C)C[C@@](C)(OC)[C@H](O[C@@H]2O[C@H](C)C[C@H](N(C)C)[C@H]2OC(C)=O)[C@@H](C)[C@H](O[C@H]2C[C@@](C)(OC)[C@@H](O)[C@H](C)O2)[C@@H](C)C(=O)O[C@@H]3I)Cc2c(Cl)cncc2Cl)cc1OC1CCCC1. The fraction of sp³-hybridized carbons (Fsp3) is 0.750. The van der Waals surface area contributed by atoms with Crippen LogP contribution in [0.2, 0.25) is 10.0 Å². The lowest BCUT2D eigenvalue weighted by Gasteiger charge is -2.50. The van der Waals surface area contributed by atoms with Crippen LogP contribution in [0.15, 0.2) is 30.6 Å². The van der Waals surface area contributed by atoms with E-state index in [2.05, 4.69) is 9.88 Å². The van der Waals surface area contributed by atoms with Crippen LogP contribution < -0.4 is 14.4 Å². The molecule has 23 heteroatoms. The summed E-state index contributed by atoms with van der Waals surface area (Å²) in [7, 11) is 8.45. The van der Waals surface area contributed by atoms with Gasteiger partial charge in [0.2, 0.25) is 0 Å². The number of thioether (sulfide) groups is 1. The molecule has 1 saturated carbocycles. The van der Waals surface area contributed by atoms with Gasteiger partial charge in [0, 0.05) is 99.8 Å². The number of Topliss-reactive ketones (excluding diaryl/α,β-unsaturated/α-hetero) is 1. The highest BCUT2D eigenvalue weighted by molar-refractivity contribution is 14.1. The third-order valence-corrected chi connectivity index (χ3v) is 21.4. The van der Waals surface area contributed by atoms with E-state index in [4.69, 9.17) is 75.3 Å². The van der Waals surface area contributed by atoms with Crippen molar-refractivity contribution in [2.24, 2.45) is 29.6 Å². The van der Waals surface area contributed by atoms with E-state index >= 15 is 9.59 Å². The molecule has 1 unspecified atom stereocenters. The van der Waals surface area contributed by atoms with E-state index in [9.17, 15) is 14.7 Å². The van der Waals surface area contributed by atoms with Gasteiger partial charge in [-0.3, -0.25) is 24.2 Å². The number of hydrogen-bond acceptors (Lipinski definition) is 20. The number of benzene rings is 1. The fourth-order valence-corrected chi connectivity index (χ4v) is 15.9. The normalized spacial score (nSPS) is 37.6. The second-order valence-corrected chi connectivity index (χ2v) is 27.4. The molecule has 5 aliphatic rings. The van der Waals surface area contributed by atoms with Gasteiger partial charge in [-0.05, 0) is 129 Å². The van der Waals surface area contributed by atoms with Crippen LogP contribution in [0.4, 0.5) is 5.69 Å². The van der Waals surface area contributed by atoms with Crippen molar-refractivity contribution in [1.82, 2.24) is 9.88 Å². The van der Waals surface area contributed by atoms with Gasteiger partial charge in [0.25, 0.3) is 0 Å². The lowest BCUT2D eigenvalue weighted by Crippen LogP contribution is -2.61. The molecule has 4 aliphatic heterocycles. The fourth-order valence-electron chi connectivity index (χ4n) is 13.1. The number of fused-ring (bicyclic) bond motifs is 1. The zero-order chi connectivity index (χ0) is 61.0. The molecule has 19 atom stereocenters. The number of cyclic esters (lactones) is 1. The topological polar surface area (TPSA) is 209 Å². The predicted octanol–water partition coefficient (Wildman–Crippen LogP) is 9.65. The first-order valence-corrected chi connectivity index (χ1v) is 32.0. The van der Waals surface area contributed by atoms with E-state index in [0.29, 0.717) is 45.8 Å². The van der Waals surface area contributed by atoms with Gasteiger partial charge in [0.1, 0.15) is 17.1 Å². The van der Waals surface area contributed by atoms with E-state index in [0.717, 1.165) is 31.4 Å². The smallest absolute Gasteiger partial charge is 0.320 e. The lowest BCUT2D eigenvalue weighted by atomic mass is 9.72. The molecule has 2 aromatic rings. The van der Waals surface area contributed by atoms with Crippen molar-refractivity contribution in [2.75, 3.05) is 52.6 Å². The summed E-state index contributed by atoms with van der Waals surface area (Å²) in [6.45, 7) is 18.2. The molecule has 1 aliphatic carbocycles. The number of aromatic nitrogens is 1. The molecule has 0 bridgehead atoms. The lowest BCUT2D eigenvalue weighted by molar-refractivity contribution is -0.320. The van der Waals surface area contributed by atoms with E-state index in [1.807, 2.05) is 94.4 Å². The molecule has 1 aromatic heterocycles. The van der Waals surface area contributed by atoms with Crippen LogP contribution in [-0.2, 0) is 68.4 Å². The average Bonchev–Trinajstić information content (AvgIpc) is 3.29. The van der Waals surface area contributed by atoms with Crippen molar-refractivity contribution < 1.29 is 76.4 Å². The highest BCUT2D eigenvalue weighted by atomic mass is 127. The maximum absolute atomic E-state index is 15.5. The molecule has 5 heterocycles. The third-order valence-electron chi connectivity index (χ3n) is 18.0. The van der Waals surface area contributed by atoms with Gasteiger partial charge in [-0.15, -0.1) is 11.8 Å². The number of halogens is 3.